The van der Waals surface area contributed by atoms with Crippen molar-refractivity contribution in [2.75, 3.05) is 0 Å². The summed E-state index contributed by atoms with van der Waals surface area (Å²) in [6, 6.07) is 9.45. The molecule has 0 saturated carbocycles. The van der Waals surface area contributed by atoms with Crippen LogP contribution < -0.4 is 5.32 Å². The van der Waals surface area contributed by atoms with Crippen LogP contribution in [0.5, 0.6) is 0 Å². The highest BCUT2D eigenvalue weighted by atomic mass is 32.2. The van der Waals surface area contributed by atoms with E-state index in [9.17, 15) is 4.79 Å². The van der Waals surface area contributed by atoms with Gasteiger partial charge in [-0.05, 0) is 43.4 Å². The molecule has 0 amide bonds. The average Bonchev–Trinajstić information content (AvgIpc) is 2.71. The Balaban J connectivity index is 1.59. The van der Waals surface area contributed by atoms with Gasteiger partial charge in [0.25, 0.3) is 0 Å². The van der Waals surface area contributed by atoms with E-state index in [1.165, 1.54) is 30.6 Å². The molecule has 2 aliphatic rings. The van der Waals surface area contributed by atoms with Gasteiger partial charge in [-0.25, -0.2) is 0 Å². The zero-order valence-electron chi connectivity index (χ0n) is 10.8. The highest BCUT2D eigenvalue weighted by molar-refractivity contribution is 8.00. The number of thioether (sulfide) groups is 1. The van der Waals surface area contributed by atoms with Crippen LogP contribution in [0.2, 0.25) is 0 Å². The maximum Gasteiger partial charge on any atom is 0.307 e. The average molecular weight is 277 g/mol. The number of fused-ring (bicyclic) bond motifs is 2. The predicted octanol–water partition coefficient (Wildman–Crippen LogP) is 2.69. The van der Waals surface area contributed by atoms with Crippen molar-refractivity contribution in [2.45, 2.75) is 54.3 Å². The van der Waals surface area contributed by atoms with Crippen LogP contribution in [0.3, 0.4) is 0 Å². The summed E-state index contributed by atoms with van der Waals surface area (Å²) >= 11 is 1.95. The van der Waals surface area contributed by atoms with Gasteiger partial charge in [0.05, 0.1) is 6.42 Å². The third-order valence-electron chi connectivity index (χ3n) is 4.01. The molecule has 3 rings (SSSR count). The largest absolute Gasteiger partial charge is 0.481 e. The molecule has 2 N–H and O–H groups in total. The second-order valence-electron chi connectivity index (χ2n) is 5.56. The van der Waals surface area contributed by atoms with Gasteiger partial charge in [-0.3, -0.25) is 4.79 Å². The van der Waals surface area contributed by atoms with E-state index in [0.717, 1.165) is 17.6 Å². The van der Waals surface area contributed by atoms with E-state index in [1.807, 2.05) is 23.9 Å². The predicted molar refractivity (Wildman–Crippen MR) is 76.6 cm³/mol. The number of benzene rings is 1. The molecule has 0 aromatic heterocycles. The van der Waals surface area contributed by atoms with Crippen molar-refractivity contribution >= 4 is 17.7 Å². The smallest absolute Gasteiger partial charge is 0.307 e. The summed E-state index contributed by atoms with van der Waals surface area (Å²) in [5.41, 5.74) is 0.877. The van der Waals surface area contributed by atoms with Gasteiger partial charge in [0.2, 0.25) is 0 Å². The minimum atomic E-state index is -0.768. The van der Waals surface area contributed by atoms with Gasteiger partial charge in [0.15, 0.2) is 0 Å². The third-order valence-corrected chi connectivity index (χ3v) is 5.27. The molecule has 19 heavy (non-hydrogen) atoms. The molecule has 2 aliphatic heterocycles. The van der Waals surface area contributed by atoms with Gasteiger partial charge in [-0.15, -0.1) is 11.8 Å². The first-order valence-electron chi connectivity index (χ1n) is 6.92. The van der Waals surface area contributed by atoms with Crippen molar-refractivity contribution in [3.8, 4) is 0 Å². The molecule has 3 nitrogen and oxygen atoms in total. The molecule has 0 aliphatic carbocycles. The van der Waals surface area contributed by atoms with Gasteiger partial charge < -0.3 is 10.4 Å². The Morgan fingerprint density at radius 2 is 1.84 bits per heavy atom. The zero-order valence-corrected chi connectivity index (χ0v) is 11.7. The number of hydrogen-bond donors (Lipinski definition) is 2. The SMILES string of the molecule is O=C(O)Cc1ccc(SC2CC3CCC(C2)N3)cc1. The molecule has 2 atom stereocenters. The number of carbonyl (C=O) groups is 1. The number of piperidine rings is 1. The van der Waals surface area contributed by atoms with Crippen LogP contribution in [0.4, 0.5) is 0 Å². The quantitative estimate of drug-likeness (QED) is 0.888. The van der Waals surface area contributed by atoms with Crippen molar-refractivity contribution < 1.29 is 9.90 Å². The summed E-state index contributed by atoms with van der Waals surface area (Å²) in [6.45, 7) is 0. The van der Waals surface area contributed by atoms with E-state index in [1.54, 1.807) is 0 Å². The lowest BCUT2D eigenvalue weighted by Gasteiger charge is -2.28. The second-order valence-corrected chi connectivity index (χ2v) is 6.94. The lowest BCUT2D eigenvalue weighted by atomic mass is 10.1. The van der Waals surface area contributed by atoms with E-state index >= 15 is 0 Å². The number of hydrogen-bond acceptors (Lipinski definition) is 3. The van der Waals surface area contributed by atoms with E-state index in [0.29, 0.717) is 5.25 Å². The van der Waals surface area contributed by atoms with Gasteiger partial charge in [-0.2, -0.15) is 0 Å². The second kappa shape index (κ2) is 5.55. The van der Waals surface area contributed by atoms with Gasteiger partial charge >= 0.3 is 5.97 Å². The molecule has 0 radical (unpaired) electrons. The molecule has 2 unspecified atom stereocenters. The topological polar surface area (TPSA) is 49.3 Å². The van der Waals surface area contributed by atoms with Crippen LogP contribution in [0.15, 0.2) is 29.2 Å². The highest BCUT2D eigenvalue weighted by Gasteiger charge is 2.33. The summed E-state index contributed by atoms with van der Waals surface area (Å²) in [7, 11) is 0. The van der Waals surface area contributed by atoms with Gasteiger partial charge in [0, 0.05) is 22.2 Å². The number of rotatable bonds is 4. The number of nitrogens with one attached hydrogen (secondary N) is 1. The zero-order chi connectivity index (χ0) is 13.2. The van der Waals surface area contributed by atoms with Crippen molar-refractivity contribution in [3.63, 3.8) is 0 Å². The van der Waals surface area contributed by atoms with Crippen molar-refractivity contribution in [1.82, 2.24) is 5.32 Å². The Morgan fingerprint density at radius 3 is 2.42 bits per heavy atom. The van der Waals surface area contributed by atoms with Crippen LogP contribution in [-0.4, -0.2) is 28.4 Å². The number of aliphatic carboxylic acids is 1. The molecule has 1 aromatic rings. The molecule has 4 heteroatoms. The molecular formula is C15H19NO2S. The Bertz CT molecular complexity index is 448. The molecule has 1 aromatic carbocycles. The highest BCUT2D eigenvalue weighted by Crippen LogP contribution is 2.37. The normalized spacial score (nSPS) is 29.4. The summed E-state index contributed by atoms with van der Waals surface area (Å²) in [4.78, 5) is 11.9. The maximum atomic E-state index is 10.6. The minimum Gasteiger partial charge on any atom is -0.481 e. The van der Waals surface area contributed by atoms with Crippen LogP contribution >= 0.6 is 11.8 Å². The first kappa shape index (κ1) is 13.0. The van der Waals surface area contributed by atoms with Crippen molar-refractivity contribution in [2.24, 2.45) is 0 Å². The summed E-state index contributed by atoms with van der Waals surface area (Å²) in [5, 5.41) is 13.1. The monoisotopic (exact) mass is 277 g/mol. The number of carboxylic acid groups (broad SMARTS) is 1. The van der Waals surface area contributed by atoms with Crippen LogP contribution in [0.1, 0.15) is 31.2 Å². The summed E-state index contributed by atoms with van der Waals surface area (Å²) in [5.74, 6) is -0.768. The first-order chi connectivity index (χ1) is 9.19. The van der Waals surface area contributed by atoms with Crippen molar-refractivity contribution in [1.29, 1.82) is 0 Å². The first-order valence-corrected chi connectivity index (χ1v) is 7.80. The molecule has 2 bridgehead atoms. The van der Waals surface area contributed by atoms with E-state index in [4.69, 9.17) is 5.11 Å². The fourth-order valence-corrected chi connectivity index (χ4v) is 4.49. The Morgan fingerprint density at radius 1 is 1.21 bits per heavy atom. The molecule has 2 heterocycles. The van der Waals surface area contributed by atoms with Crippen LogP contribution in [-0.2, 0) is 11.2 Å². The fraction of sp³-hybridized carbons (Fsp3) is 0.533. The standard InChI is InChI=1S/C15H19NO2S/c17-15(18)7-10-1-5-13(6-2-10)19-14-8-11-3-4-12(9-14)16-11/h1-2,5-6,11-12,14,16H,3-4,7-9H2,(H,17,18). The fourth-order valence-electron chi connectivity index (χ4n) is 3.15. The van der Waals surface area contributed by atoms with E-state index in [-0.39, 0.29) is 6.42 Å². The van der Waals surface area contributed by atoms with Gasteiger partial charge in [-0.1, -0.05) is 12.1 Å². The van der Waals surface area contributed by atoms with Crippen LogP contribution in [0.25, 0.3) is 0 Å². The van der Waals surface area contributed by atoms with E-state index < -0.39 is 5.97 Å². The number of carboxylic acids is 1. The lowest BCUT2D eigenvalue weighted by molar-refractivity contribution is -0.136. The Kier molecular flexibility index (Phi) is 3.80. The molecule has 2 saturated heterocycles. The van der Waals surface area contributed by atoms with Gasteiger partial charge in [0.1, 0.15) is 0 Å². The molecule has 102 valence electrons. The maximum absolute atomic E-state index is 10.6. The third kappa shape index (κ3) is 3.31. The summed E-state index contributed by atoms with van der Waals surface area (Å²) in [6.07, 6.45) is 5.30. The lowest BCUT2D eigenvalue weighted by Crippen LogP contribution is -2.39. The molecule has 2 fully saturated rings. The minimum absolute atomic E-state index is 0.114. The molecule has 0 spiro atoms. The Labute approximate surface area is 117 Å². The van der Waals surface area contributed by atoms with Crippen molar-refractivity contribution in [3.05, 3.63) is 29.8 Å². The van der Waals surface area contributed by atoms with Crippen LogP contribution in [0, 0.1) is 0 Å². The Hall–Kier alpha value is -1.00. The van der Waals surface area contributed by atoms with E-state index in [2.05, 4.69) is 17.4 Å². The summed E-state index contributed by atoms with van der Waals surface area (Å²) < 4.78 is 0. The molecular weight excluding hydrogens is 258 g/mol.